The van der Waals surface area contributed by atoms with Crippen LogP contribution >= 0.6 is 0 Å². The fourth-order valence-corrected chi connectivity index (χ4v) is 3.94. The summed E-state index contributed by atoms with van der Waals surface area (Å²) in [4.78, 5) is 0. The molecule has 0 aliphatic heterocycles. The Morgan fingerprint density at radius 3 is 2.08 bits per heavy atom. The maximum absolute atomic E-state index is 6.28. The van der Waals surface area contributed by atoms with Crippen LogP contribution in [0.25, 0.3) is 0 Å². The average molecular weight is 353 g/mol. The van der Waals surface area contributed by atoms with Gasteiger partial charge in [-0.25, -0.2) is 0 Å². The fourth-order valence-electron chi connectivity index (χ4n) is 3.94. The van der Waals surface area contributed by atoms with Gasteiger partial charge in [-0.1, -0.05) is 93.4 Å². The van der Waals surface area contributed by atoms with Gasteiger partial charge in [-0.3, -0.25) is 0 Å². The van der Waals surface area contributed by atoms with Gasteiger partial charge in [0.2, 0.25) is 0 Å². The molecule has 0 heterocycles. The molecule has 0 bridgehead atoms. The first-order chi connectivity index (χ1) is 11.7. The van der Waals surface area contributed by atoms with Crippen molar-refractivity contribution in [1.82, 2.24) is 0 Å². The number of rotatable bonds is 14. The molecule has 150 valence electrons. The van der Waals surface area contributed by atoms with Crippen LogP contribution in [-0.4, -0.2) is 13.2 Å². The molecule has 0 saturated heterocycles. The van der Waals surface area contributed by atoms with E-state index in [-0.39, 0.29) is 0 Å². The summed E-state index contributed by atoms with van der Waals surface area (Å²) in [6.07, 6.45) is 13.7. The monoisotopic (exact) mass is 352 g/mol. The Morgan fingerprint density at radius 2 is 1.56 bits per heavy atom. The Hall–Kier alpha value is -0.0400. The van der Waals surface area contributed by atoms with Gasteiger partial charge in [-0.15, -0.1) is 0 Å². The highest BCUT2D eigenvalue weighted by molar-refractivity contribution is 4.78. The standard InChI is InChI=1S/C24H48O/c1-8-23(4,5)16-11-17-24(6,7)19-25-18-22(21-13-10-14-21)15-9-12-20(2)3/h20-22H,8-19H2,1-7H3. The summed E-state index contributed by atoms with van der Waals surface area (Å²) < 4.78 is 6.28. The second kappa shape index (κ2) is 11.0. The highest BCUT2D eigenvalue weighted by Gasteiger charge is 2.28. The van der Waals surface area contributed by atoms with Crippen molar-refractivity contribution in [2.45, 2.75) is 113 Å². The maximum atomic E-state index is 6.28. The van der Waals surface area contributed by atoms with E-state index >= 15 is 0 Å². The summed E-state index contributed by atoms with van der Waals surface area (Å²) in [5.74, 6) is 2.62. The summed E-state index contributed by atoms with van der Waals surface area (Å²) >= 11 is 0. The zero-order chi connectivity index (χ0) is 18.9. The van der Waals surface area contributed by atoms with E-state index in [0.717, 1.165) is 31.0 Å². The van der Waals surface area contributed by atoms with Crippen LogP contribution < -0.4 is 0 Å². The van der Waals surface area contributed by atoms with E-state index in [1.54, 1.807) is 0 Å². The van der Waals surface area contributed by atoms with E-state index in [1.807, 2.05) is 0 Å². The molecule has 1 heteroatoms. The molecule has 0 amide bonds. The molecule has 0 N–H and O–H groups in total. The topological polar surface area (TPSA) is 9.23 Å². The quantitative estimate of drug-likeness (QED) is 0.309. The highest BCUT2D eigenvalue weighted by atomic mass is 16.5. The lowest BCUT2D eigenvalue weighted by Gasteiger charge is -2.35. The Bertz CT molecular complexity index is 338. The van der Waals surface area contributed by atoms with Crippen molar-refractivity contribution in [1.29, 1.82) is 0 Å². The third kappa shape index (κ3) is 10.0. The largest absolute Gasteiger partial charge is 0.381 e. The van der Waals surface area contributed by atoms with Gasteiger partial charge in [0.15, 0.2) is 0 Å². The van der Waals surface area contributed by atoms with Crippen molar-refractivity contribution >= 4 is 0 Å². The number of hydrogen-bond donors (Lipinski definition) is 0. The summed E-state index contributed by atoms with van der Waals surface area (Å²) in [6, 6.07) is 0. The molecule has 1 rings (SSSR count). The second-order valence-electron chi connectivity index (χ2n) is 10.8. The second-order valence-corrected chi connectivity index (χ2v) is 10.8. The molecule has 0 aromatic rings. The third-order valence-corrected chi connectivity index (χ3v) is 6.66. The third-order valence-electron chi connectivity index (χ3n) is 6.66. The molecule has 1 aliphatic carbocycles. The lowest BCUT2D eigenvalue weighted by molar-refractivity contribution is 0.00711. The molecule has 0 radical (unpaired) electrons. The van der Waals surface area contributed by atoms with Gasteiger partial charge in [-0.05, 0) is 47.8 Å². The van der Waals surface area contributed by atoms with E-state index in [0.29, 0.717) is 10.8 Å². The fraction of sp³-hybridized carbons (Fsp3) is 1.00. The van der Waals surface area contributed by atoms with Crippen molar-refractivity contribution in [3.63, 3.8) is 0 Å². The molecule has 1 saturated carbocycles. The molecule has 1 nitrogen and oxygen atoms in total. The first kappa shape index (κ1) is 23.0. The van der Waals surface area contributed by atoms with E-state index in [1.165, 1.54) is 64.2 Å². The number of ether oxygens (including phenoxy) is 1. The predicted octanol–water partition coefficient (Wildman–Crippen LogP) is 7.88. The zero-order valence-corrected chi connectivity index (χ0v) is 18.6. The summed E-state index contributed by atoms with van der Waals surface area (Å²) in [6.45, 7) is 18.5. The molecule has 1 unspecified atom stereocenters. The van der Waals surface area contributed by atoms with Crippen LogP contribution in [-0.2, 0) is 4.74 Å². The molecule has 1 fully saturated rings. The first-order valence-corrected chi connectivity index (χ1v) is 11.2. The van der Waals surface area contributed by atoms with Gasteiger partial charge in [0.1, 0.15) is 0 Å². The molecule has 0 aromatic carbocycles. The number of hydrogen-bond acceptors (Lipinski definition) is 1. The zero-order valence-electron chi connectivity index (χ0n) is 18.6. The van der Waals surface area contributed by atoms with Crippen LogP contribution in [0.1, 0.15) is 113 Å². The summed E-state index contributed by atoms with van der Waals surface area (Å²) in [7, 11) is 0. The molecule has 1 aliphatic rings. The van der Waals surface area contributed by atoms with Crippen molar-refractivity contribution in [2.75, 3.05) is 13.2 Å². The molecule has 0 spiro atoms. The molecule has 0 aromatic heterocycles. The van der Waals surface area contributed by atoms with Crippen LogP contribution in [0.15, 0.2) is 0 Å². The normalized spacial score (nSPS) is 17.8. The minimum absolute atomic E-state index is 0.325. The van der Waals surface area contributed by atoms with Gasteiger partial charge >= 0.3 is 0 Å². The lowest BCUT2D eigenvalue weighted by atomic mass is 9.74. The highest BCUT2D eigenvalue weighted by Crippen LogP contribution is 2.37. The van der Waals surface area contributed by atoms with E-state index in [2.05, 4.69) is 48.5 Å². The van der Waals surface area contributed by atoms with Crippen molar-refractivity contribution in [2.24, 2.45) is 28.6 Å². The molecular weight excluding hydrogens is 304 g/mol. The van der Waals surface area contributed by atoms with Crippen LogP contribution in [0.5, 0.6) is 0 Å². The first-order valence-electron chi connectivity index (χ1n) is 11.2. The van der Waals surface area contributed by atoms with E-state index in [4.69, 9.17) is 4.74 Å². The van der Waals surface area contributed by atoms with Crippen molar-refractivity contribution in [3.8, 4) is 0 Å². The lowest BCUT2D eigenvalue weighted by Crippen LogP contribution is -2.28. The van der Waals surface area contributed by atoms with Gasteiger partial charge in [-0.2, -0.15) is 0 Å². The van der Waals surface area contributed by atoms with Gasteiger partial charge < -0.3 is 4.74 Å². The van der Waals surface area contributed by atoms with Gasteiger partial charge in [0.25, 0.3) is 0 Å². The van der Waals surface area contributed by atoms with Gasteiger partial charge in [0.05, 0.1) is 6.61 Å². The maximum Gasteiger partial charge on any atom is 0.0517 e. The average Bonchev–Trinajstić information content (AvgIpc) is 2.44. The van der Waals surface area contributed by atoms with Crippen LogP contribution in [0, 0.1) is 28.6 Å². The molecule has 25 heavy (non-hydrogen) atoms. The van der Waals surface area contributed by atoms with Crippen LogP contribution in [0.2, 0.25) is 0 Å². The molecular formula is C24H48O. The summed E-state index contributed by atoms with van der Waals surface area (Å²) in [5.41, 5.74) is 0.828. The molecule has 1 atom stereocenters. The minimum Gasteiger partial charge on any atom is -0.381 e. The smallest absolute Gasteiger partial charge is 0.0517 e. The van der Waals surface area contributed by atoms with Crippen molar-refractivity contribution < 1.29 is 4.74 Å². The predicted molar refractivity (Wildman–Crippen MR) is 112 cm³/mol. The summed E-state index contributed by atoms with van der Waals surface area (Å²) in [5, 5.41) is 0. The Balaban J connectivity index is 2.27. The minimum atomic E-state index is 0.325. The Labute approximate surface area is 159 Å². The van der Waals surface area contributed by atoms with E-state index < -0.39 is 0 Å². The van der Waals surface area contributed by atoms with Crippen LogP contribution in [0.3, 0.4) is 0 Å². The Morgan fingerprint density at radius 1 is 0.920 bits per heavy atom. The van der Waals surface area contributed by atoms with Crippen LogP contribution in [0.4, 0.5) is 0 Å². The van der Waals surface area contributed by atoms with E-state index in [9.17, 15) is 0 Å². The van der Waals surface area contributed by atoms with Crippen molar-refractivity contribution in [3.05, 3.63) is 0 Å². The Kier molecular flexibility index (Phi) is 10.1. The van der Waals surface area contributed by atoms with Gasteiger partial charge in [0, 0.05) is 6.61 Å². The SMILES string of the molecule is CCC(C)(C)CCCC(C)(C)COCC(CCCC(C)C)C1CCC1.